The smallest absolute Gasteiger partial charge is 0.339 e. The molecule has 0 unspecified atom stereocenters. The van der Waals surface area contributed by atoms with E-state index in [0.717, 1.165) is 37.8 Å². The second-order valence-corrected chi connectivity index (χ2v) is 5.85. The van der Waals surface area contributed by atoms with Crippen molar-refractivity contribution in [3.63, 3.8) is 0 Å². The number of benzene rings is 1. The van der Waals surface area contributed by atoms with E-state index in [9.17, 15) is 14.0 Å². The molecule has 0 saturated carbocycles. The van der Waals surface area contributed by atoms with Crippen LogP contribution >= 0.6 is 0 Å². The van der Waals surface area contributed by atoms with Gasteiger partial charge < -0.3 is 9.47 Å². The summed E-state index contributed by atoms with van der Waals surface area (Å²) in [6.45, 7) is 6.66. The molecule has 0 radical (unpaired) electrons. The molecule has 0 aliphatic heterocycles. The van der Waals surface area contributed by atoms with Crippen LogP contribution in [-0.4, -0.2) is 25.2 Å². The SMILES string of the molecule is CCCCOC(=O)c1ccc(F)cc1C(=O)OCCCC(C)C. The monoisotopic (exact) mass is 324 g/mol. The Kier molecular flexibility index (Phi) is 8.30. The predicted molar refractivity (Wildman–Crippen MR) is 85.9 cm³/mol. The molecule has 1 aromatic rings. The van der Waals surface area contributed by atoms with Crippen molar-refractivity contribution < 1.29 is 23.5 Å². The van der Waals surface area contributed by atoms with E-state index in [1.807, 2.05) is 6.92 Å². The molecule has 0 amide bonds. The minimum atomic E-state index is -0.698. The number of hydrogen-bond donors (Lipinski definition) is 0. The standard InChI is InChI=1S/C18H25FO4/c1-4-5-10-22-17(20)15-9-8-14(19)12-16(15)18(21)23-11-6-7-13(2)3/h8-9,12-13H,4-7,10-11H2,1-3H3. The van der Waals surface area contributed by atoms with Crippen LogP contribution in [0.4, 0.5) is 4.39 Å². The Hall–Kier alpha value is -1.91. The fraction of sp³-hybridized carbons (Fsp3) is 0.556. The molecular weight excluding hydrogens is 299 g/mol. The molecule has 0 N–H and O–H groups in total. The van der Waals surface area contributed by atoms with Gasteiger partial charge in [-0.05, 0) is 43.4 Å². The van der Waals surface area contributed by atoms with Gasteiger partial charge in [0.05, 0.1) is 24.3 Å². The van der Waals surface area contributed by atoms with Gasteiger partial charge in [-0.25, -0.2) is 14.0 Å². The van der Waals surface area contributed by atoms with Crippen LogP contribution in [0, 0.1) is 11.7 Å². The summed E-state index contributed by atoms with van der Waals surface area (Å²) in [6.07, 6.45) is 3.29. The summed E-state index contributed by atoms with van der Waals surface area (Å²) in [5.74, 6) is -1.40. The lowest BCUT2D eigenvalue weighted by molar-refractivity contribution is 0.0449. The van der Waals surface area contributed by atoms with Gasteiger partial charge in [0.25, 0.3) is 0 Å². The van der Waals surface area contributed by atoms with E-state index in [0.29, 0.717) is 5.92 Å². The number of ether oxygens (including phenoxy) is 2. The second-order valence-electron chi connectivity index (χ2n) is 5.85. The maximum absolute atomic E-state index is 13.4. The van der Waals surface area contributed by atoms with E-state index in [2.05, 4.69) is 13.8 Å². The van der Waals surface area contributed by atoms with Crippen molar-refractivity contribution in [2.24, 2.45) is 5.92 Å². The van der Waals surface area contributed by atoms with Crippen LogP contribution in [0.3, 0.4) is 0 Å². The molecule has 23 heavy (non-hydrogen) atoms. The third-order valence-electron chi connectivity index (χ3n) is 3.31. The van der Waals surface area contributed by atoms with Crippen LogP contribution in [0.5, 0.6) is 0 Å². The average Bonchev–Trinajstić information content (AvgIpc) is 2.51. The third kappa shape index (κ3) is 6.80. The molecule has 0 aliphatic rings. The Balaban J connectivity index is 2.73. The van der Waals surface area contributed by atoms with Crippen LogP contribution in [0.1, 0.15) is 67.2 Å². The normalized spacial score (nSPS) is 10.7. The van der Waals surface area contributed by atoms with Crippen LogP contribution < -0.4 is 0 Å². The first kappa shape index (κ1) is 19.1. The number of rotatable bonds is 9. The van der Waals surface area contributed by atoms with Crippen molar-refractivity contribution in [1.29, 1.82) is 0 Å². The Morgan fingerprint density at radius 3 is 2.26 bits per heavy atom. The van der Waals surface area contributed by atoms with Crippen LogP contribution in [0.15, 0.2) is 18.2 Å². The molecule has 1 rings (SSSR count). The number of unbranched alkanes of at least 4 members (excludes halogenated alkanes) is 1. The van der Waals surface area contributed by atoms with Gasteiger partial charge in [0, 0.05) is 0 Å². The highest BCUT2D eigenvalue weighted by Crippen LogP contribution is 2.15. The van der Waals surface area contributed by atoms with E-state index in [-0.39, 0.29) is 24.3 Å². The third-order valence-corrected chi connectivity index (χ3v) is 3.31. The molecule has 0 heterocycles. The van der Waals surface area contributed by atoms with Gasteiger partial charge in [-0.1, -0.05) is 27.2 Å². The van der Waals surface area contributed by atoms with Gasteiger partial charge in [-0.3, -0.25) is 0 Å². The lowest BCUT2D eigenvalue weighted by atomic mass is 10.1. The van der Waals surface area contributed by atoms with E-state index in [4.69, 9.17) is 9.47 Å². The zero-order chi connectivity index (χ0) is 17.2. The quantitative estimate of drug-likeness (QED) is 0.500. The molecule has 0 aromatic heterocycles. The lowest BCUT2D eigenvalue weighted by Gasteiger charge is -2.10. The average molecular weight is 324 g/mol. The summed E-state index contributed by atoms with van der Waals surface area (Å²) in [6, 6.07) is 3.40. The Morgan fingerprint density at radius 2 is 1.65 bits per heavy atom. The van der Waals surface area contributed by atoms with Crippen molar-refractivity contribution in [3.05, 3.63) is 35.1 Å². The van der Waals surface area contributed by atoms with E-state index in [1.165, 1.54) is 6.07 Å². The molecule has 1 aromatic carbocycles. The topological polar surface area (TPSA) is 52.6 Å². The molecule has 0 saturated heterocycles. The lowest BCUT2D eigenvalue weighted by Crippen LogP contribution is -2.15. The van der Waals surface area contributed by atoms with Gasteiger partial charge in [0.2, 0.25) is 0 Å². The molecule has 0 atom stereocenters. The fourth-order valence-electron chi connectivity index (χ4n) is 1.98. The molecule has 5 heteroatoms. The molecule has 0 fully saturated rings. The zero-order valence-corrected chi connectivity index (χ0v) is 14.1. The molecule has 0 aliphatic carbocycles. The van der Waals surface area contributed by atoms with Gasteiger partial charge in [0.15, 0.2) is 0 Å². The minimum Gasteiger partial charge on any atom is -0.462 e. The maximum atomic E-state index is 13.4. The first-order valence-electron chi connectivity index (χ1n) is 8.09. The van der Waals surface area contributed by atoms with Crippen LogP contribution in [0.2, 0.25) is 0 Å². The summed E-state index contributed by atoms with van der Waals surface area (Å²) in [4.78, 5) is 24.1. The van der Waals surface area contributed by atoms with Crippen molar-refractivity contribution in [2.45, 2.75) is 46.5 Å². The highest BCUT2D eigenvalue weighted by Gasteiger charge is 2.20. The van der Waals surface area contributed by atoms with Crippen LogP contribution in [-0.2, 0) is 9.47 Å². The van der Waals surface area contributed by atoms with E-state index < -0.39 is 17.8 Å². The minimum absolute atomic E-state index is 0.0383. The zero-order valence-electron chi connectivity index (χ0n) is 14.1. The van der Waals surface area contributed by atoms with E-state index >= 15 is 0 Å². The Bertz CT molecular complexity index is 526. The molecule has 0 bridgehead atoms. The highest BCUT2D eigenvalue weighted by atomic mass is 19.1. The summed E-state index contributed by atoms with van der Waals surface area (Å²) in [5.41, 5.74) is -0.0487. The maximum Gasteiger partial charge on any atom is 0.339 e. The number of halogens is 1. The first-order chi connectivity index (χ1) is 11.0. The van der Waals surface area contributed by atoms with E-state index in [1.54, 1.807) is 0 Å². The number of carbonyl (C=O) groups excluding carboxylic acids is 2. The number of esters is 2. The predicted octanol–water partition coefficient (Wildman–Crippen LogP) is 4.38. The van der Waals surface area contributed by atoms with Gasteiger partial charge in [-0.15, -0.1) is 0 Å². The van der Waals surface area contributed by atoms with Crippen molar-refractivity contribution in [3.8, 4) is 0 Å². The van der Waals surface area contributed by atoms with Crippen molar-refractivity contribution in [1.82, 2.24) is 0 Å². The Labute approximate surface area is 137 Å². The fourth-order valence-corrected chi connectivity index (χ4v) is 1.98. The molecule has 0 spiro atoms. The van der Waals surface area contributed by atoms with Crippen molar-refractivity contribution >= 4 is 11.9 Å². The largest absolute Gasteiger partial charge is 0.462 e. The van der Waals surface area contributed by atoms with Crippen LogP contribution in [0.25, 0.3) is 0 Å². The number of hydrogen-bond acceptors (Lipinski definition) is 4. The summed E-state index contributed by atoms with van der Waals surface area (Å²) in [7, 11) is 0. The van der Waals surface area contributed by atoms with Gasteiger partial charge >= 0.3 is 11.9 Å². The Morgan fingerprint density at radius 1 is 1.04 bits per heavy atom. The molecule has 128 valence electrons. The number of carbonyl (C=O) groups is 2. The molecule has 4 nitrogen and oxygen atoms in total. The second kappa shape index (κ2) is 9.98. The first-order valence-corrected chi connectivity index (χ1v) is 8.09. The molecular formula is C18H25FO4. The van der Waals surface area contributed by atoms with Gasteiger partial charge in [-0.2, -0.15) is 0 Å². The summed E-state index contributed by atoms with van der Waals surface area (Å²) in [5, 5.41) is 0. The van der Waals surface area contributed by atoms with Gasteiger partial charge in [0.1, 0.15) is 5.82 Å². The summed E-state index contributed by atoms with van der Waals surface area (Å²) < 4.78 is 23.6. The highest BCUT2D eigenvalue weighted by molar-refractivity contribution is 6.03. The van der Waals surface area contributed by atoms with Crippen molar-refractivity contribution in [2.75, 3.05) is 13.2 Å². The summed E-state index contributed by atoms with van der Waals surface area (Å²) >= 11 is 0.